The number of nitrogens with one attached hydrogen (secondary N) is 2. The molecule has 0 aliphatic carbocycles. The summed E-state index contributed by atoms with van der Waals surface area (Å²) in [5, 5.41) is 4.97. The first kappa shape index (κ1) is 23.9. The van der Waals surface area contributed by atoms with Crippen molar-refractivity contribution in [3.05, 3.63) is 40.2 Å². The van der Waals surface area contributed by atoms with Gasteiger partial charge in [-0.15, -0.1) is 0 Å². The maximum atomic E-state index is 12.9. The highest BCUT2D eigenvalue weighted by Crippen LogP contribution is 2.20. The van der Waals surface area contributed by atoms with Crippen LogP contribution in [0.15, 0.2) is 29.1 Å². The molecule has 0 amide bonds. The summed E-state index contributed by atoms with van der Waals surface area (Å²) in [6, 6.07) is 7.67. The van der Waals surface area contributed by atoms with Crippen LogP contribution in [-0.4, -0.2) is 85.2 Å². The summed E-state index contributed by atoms with van der Waals surface area (Å²) in [7, 11) is 0. The molecule has 0 bridgehead atoms. The van der Waals surface area contributed by atoms with Crippen molar-refractivity contribution in [3.8, 4) is 5.75 Å². The summed E-state index contributed by atoms with van der Waals surface area (Å²) in [6.45, 7) is 9.45. The molecule has 1 atom stereocenters. The third kappa shape index (κ3) is 6.66. The number of hydrogen-bond donors (Lipinski definition) is 2. The molecule has 2 N–H and O–H groups in total. The molecule has 3 heterocycles. The van der Waals surface area contributed by atoms with Gasteiger partial charge in [0.1, 0.15) is 5.75 Å². The lowest BCUT2D eigenvalue weighted by Gasteiger charge is -2.31. The van der Waals surface area contributed by atoms with Crippen LogP contribution in [0.25, 0.3) is 10.9 Å². The number of aromatic nitrogens is 1. The summed E-state index contributed by atoms with van der Waals surface area (Å²) >= 11 is 5.75. The maximum absolute atomic E-state index is 12.9. The molecular weight excluding hydrogens is 440 g/mol. The van der Waals surface area contributed by atoms with E-state index in [-0.39, 0.29) is 11.7 Å². The van der Waals surface area contributed by atoms with Crippen LogP contribution in [0.3, 0.4) is 0 Å². The first-order valence-electron chi connectivity index (χ1n) is 11.9. The second-order valence-electron chi connectivity index (χ2n) is 8.50. The smallest absolute Gasteiger partial charge is 0.253 e. The Hall–Kier alpha value is -2.20. The highest BCUT2D eigenvalue weighted by atomic mass is 32.1. The minimum absolute atomic E-state index is 0.0926. The molecule has 2 aromatic rings. The Morgan fingerprint density at radius 1 is 1.30 bits per heavy atom. The molecule has 0 radical (unpaired) electrons. The monoisotopic (exact) mass is 474 g/mol. The third-order valence-electron chi connectivity index (χ3n) is 6.15. The van der Waals surface area contributed by atoms with Crippen LogP contribution in [0.5, 0.6) is 5.75 Å². The molecule has 2 fully saturated rings. The predicted molar refractivity (Wildman–Crippen MR) is 133 cm³/mol. The van der Waals surface area contributed by atoms with Crippen LogP contribution in [0.2, 0.25) is 0 Å². The van der Waals surface area contributed by atoms with Gasteiger partial charge >= 0.3 is 0 Å². The first-order chi connectivity index (χ1) is 16.1. The number of thiocarbonyl (C=S) groups is 1. The molecular formula is C24H34N4O4S. The van der Waals surface area contributed by atoms with Crippen molar-refractivity contribution in [1.29, 1.82) is 0 Å². The number of pyridine rings is 1. The number of ether oxygens (including phenoxy) is 3. The fourth-order valence-corrected chi connectivity index (χ4v) is 4.51. The van der Waals surface area contributed by atoms with Crippen molar-refractivity contribution < 1.29 is 14.2 Å². The van der Waals surface area contributed by atoms with E-state index in [9.17, 15) is 4.79 Å². The Morgan fingerprint density at radius 2 is 2.15 bits per heavy atom. The van der Waals surface area contributed by atoms with Gasteiger partial charge in [0.15, 0.2) is 5.11 Å². The Labute approximate surface area is 200 Å². The van der Waals surface area contributed by atoms with Gasteiger partial charge in [0.25, 0.3) is 5.56 Å². The van der Waals surface area contributed by atoms with E-state index >= 15 is 0 Å². The lowest BCUT2D eigenvalue weighted by atomic mass is 10.1. The lowest BCUT2D eigenvalue weighted by Crippen LogP contribution is -2.47. The van der Waals surface area contributed by atoms with Gasteiger partial charge in [-0.1, -0.05) is 0 Å². The van der Waals surface area contributed by atoms with Crippen LogP contribution in [0.1, 0.15) is 25.3 Å². The molecule has 1 aromatic heterocycles. The molecule has 0 spiro atoms. The number of fused-ring (bicyclic) bond motifs is 1. The summed E-state index contributed by atoms with van der Waals surface area (Å²) in [5.74, 6) is 0.793. The van der Waals surface area contributed by atoms with E-state index in [0.717, 1.165) is 75.5 Å². The van der Waals surface area contributed by atoms with Gasteiger partial charge < -0.3 is 29.4 Å². The van der Waals surface area contributed by atoms with E-state index < -0.39 is 0 Å². The molecule has 2 aliphatic heterocycles. The molecule has 2 aliphatic rings. The molecule has 33 heavy (non-hydrogen) atoms. The summed E-state index contributed by atoms with van der Waals surface area (Å²) in [6.07, 6.45) is 2.34. The van der Waals surface area contributed by atoms with Crippen molar-refractivity contribution in [2.45, 2.75) is 32.4 Å². The SMILES string of the molecule is CCOc1ccc2[nH]c(=O)c(CN(CCN3CCOCC3)C(=S)NCC3CCCO3)cc2c1. The zero-order valence-corrected chi connectivity index (χ0v) is 20.1. The highest BCUT2D eigenvalue weighted by molar-refractivity contribution is 7.80. The largest absolute Gasteiger partial charge is 0.494 e. The summed E-state index contributed by atoms with van der Waals surface area (Å²) in [4.78, 5) is 20.3. The molecule has 9 heteroatoms. The van der Waals surface area contributed by atoms with Crippen molar-refractivity contribution in [2.24, 2.45) is 0 Å². The Kier molecular flexibility index (Phi) is 8.55. The van der Waals surface area contributed by atoms with E-state index in [1.807, 2.05) is 31.2 Å². The van der Waals surface area contributed by atoms with Crippen molar-refractivity contribution in [3.63, 3.8) is 0 Å². The van der Waals surface area contributed by atoms with Crippen molar-refractivity contribution in [1.82, 2.24) is 20.1 Å². The summed E-state index contributed by atoms with van der Waals surface area (Å²) in [5.41, 5.74) is 1.38. The average Bonchev–Trinajstić information content (AvgIpc) is 3.35. The van der Waals surface area contributed by atoms with Gasteiger partial charge in [-0.25, -0.2) is 0 Å². The minimum Gasteiger partial charge on any atom is -0.494 e. The van der Waals surface area contributed by atoms with Crippen molar-refractivity contribution in [2.75, 3.05) is 59.2 Å². The molecule has 1 unspecified atom stereocenters. The van der Waals surface area contributed by atoms with Crippen LogP contribution in [0, 0.1) is 0 Å². The number of aromatic amines is 1. The number of H-pyrrole nitrogens is 1. The van der Waals surface area contributed by atoms with Gasteiger partial charge in [0, 0.05) is 55.8 Å². The molecule has 180 valence electrons. The molecule has 0 saturated carbocycles. The molecule has 1 aromatic carbocycles. The normalized spacial score (nSPS) is 19.0. The average molecular weight is 475 g/mol. The zero-order chi connectivity index (χ0) is 23.0. The molecule has 4 rings (SSSR count). The number of hydrogen-bond acceptors (Lipinski definition) is 6. The van der Waals surface area contributed by atoms with E-state index in [2.05, 4.69) is 20.1 Å². The minimum atomic E-state index is -0.0926. The van der Waals surface area contributed by atoms with Crippen LogP contribution < -0.4 is 15.6 Å². The van der Waals surface area contributed by atoms with E-state index in [4.69, 9.17) is 26.4 Å². The van der Waals surface area contributed by atoms with Crippen LogP contribution in [-0.2, 0) is 16.0 Å². The number of nitrogens with zero attached hydrogens (tertiary/aromatic N) is 2. The first-order valence-corrected chi connectivity index (χ1v) is 12.3. The molecule has 8 nitrogen and oxygen atoms in total. The summed E-state index contributed by atoms with van der Waals surface area (Å²) < 4.78 is 16.8. The Bertz CT molecular complexity index is 986. The lowest BCUT2D eigenvalue weighted by molar-refractivity contribution is 0.0356. The van der Waals surface area contributed by atoms with E-state index in [1.54, 1.807) is 0 Å². The predicted octanol–water partition coefficient (Wildman–Crippen LogP) is 2.11. The van der Waals surface area contributed by atoms with Gasteiger partial charge in [-0.05, 0) is 56.2 Å². The zero-order valence-electron chi connectivity index (χ0n) is 19.3. The highest BCUT2D eigenvalue weighted by Gasteiger charge is 2.19. The fraction of sp³-hybridized carbons (Fsp3) is 0.583. The van der Waals surface area contributed by atoms with E-state index in [0.29, 0.717) is 30.4 Å². The standard InChI is InChI=1S/C24H34N4O4S/c1-2-31-20-5-6-22-18(15-20)14-19(23(29)26-22)17-28(8-7-27-9-12-30-13-10-27)24(33)25-16-21-4-3-11-32-21/h5-6,14-15,21H,2-4,7-13,16-17H2,1H3,(H,25,33)(H,26,29). The Balaban J connectivity index is 1.49. The van der Waals surface area contributed by atoms with Crippen LogP contribution in [0.4, 0.5) is 0 Å². The number of rotatable bonds is 9. The quantitative estimate of drug-likeness (QED) is 0.535. The van der Waals surface area contributed by atoms with Crippen molar-refractivity contribution >= 4 is 28.2 Å². The number of benzene rings is 1. The second kappa shape index (κ2) is 11.8. The van der Waals surface area contributed by atoms with Gasteiger partial charge in [-0.3, -0.25) is 9.69 Å². The van der Waals surface area contributed by atoms with Gasteiger partial charge in [-0.2, -0.15) is 0 Å². The Morgan fingerprint density at radius 3 is 2.91 bits per heavy atom. The second-order valence-corrected chi connectivity index (χ2v) is 8.89. The van der Waals surface area contributed by atoms with Gasteiger partial charge in [0.2, 0.25) is 0 Å². The molecule has 2 saturated heterocycles. The topological polar surface area (TPSA) is 79.1 Å². The van der Waals surface area contributed by atoms with E-state index in [1.165, 1.54) is 0 Å². The fourth-order valence-electron chi connectivity index (χ4n) is 4.27. The van der Waals surface area contributed by atoms with Gasteiger partial charge in [0.05, 0.1) is 32.5 Å². The van der Waals surface area contributed by atoms with Crippen LogP contribution >= 0.6 is 12.2 Å². The number of morpholine rings is 1. The maximum Gasteiger partial charge on any atom is 0.253 e. The third-order valence-corrected chi connectivity index (χ3v) is 6.55.